The van der Waals surface area contributed by atoms with E-state index >= 15 is 0 Å². The van der Waals surface area contributed by atoms with Crippen LogP contribution < -0.4 is 0 Å². The zero-order chi connectivity index (χ0) is 29.3. The van der Waals surface area contributed by atoms with Gasteiger partial charge in [0.05, 0.1) is 0 Å². The van der Waals surface area contributed by atoms with Crippen LogP contribution in [0.2, 0.25) is 0 Å². The first kappa shape index (κ1) is 38.7. The van der Waals surface area contributed by atoms with Gasteiger partial charge in [0.1, 0.15) is 0 Å². The summed E-state index contributed by atoms with van der Waals surface area (Å²) in [6, 6.07) is 0. The lowest BCUT2D eigenvalue weighted by atomic mass is 9.91. The first-order valence-electron chi connectivity index (χ1n) is 19.7. The van der Waals surface area contributed by atoms with Crippen molar-refractivity contribution in [3.05, 3.63) is 12.2 Å². The molecule has 0 spiro atoms. The minimum Gasteiger partial charge on any atom is -0.303 e. The summed E-state index contributed by atoms with van der Waals surface area (Å²) in [5.41, 5.74) is 0. The smallest absolute Gasteiger partial charge is 0.00161 e. The lowest BCUT2D eigenvalue weighted by Crippen LogP contribution is -2.34. The Labute approximate surface area is 261 Å². The van der Waals surface area contributed by atoms with E-state index in [0.29, 0.717) is 0 Å². The van der Waals surface area contributed by atoms with Gasteiger partial charge < -0.3 is 4.90 Å². The van der Waals surface area contributed by atoms with Crippen molar-refractivity contribution >= 4 is 0 Å². The second kappa shape index (κ2) is 32.6. The monoisotopic (exact) mass is 574 g/mol. The molecular weight excluding hydrogens is 494 g/mol. The van der Waals surface area contributed by atoms with Crippen LogP contribution in [0.25, 0.3) is 0 Å². The predicted molar refractivity (Wildman–Crippen MR) is 188 cm³/mol. The number of rotatable bonds is 32. The molecule has 1 heterocycles. The van der Waals surface area contributed by atoms with Gasteiger partial charge >= 0.3 is 0 Å². The van der Waals surface area contributed by atoms with Crippen LogP contribution in [0.5, 0.6) is 0 Å². The maximum atomic E-state index is 2.78. The Morgan fingerprint density at radius 3 is 1.17 bits per heavy atom. The summed E-state index contributed by atoms with van der Waals surface area (Å²) < 4.78 is 0. The van der Waals surface area contributed by atoms with Gasteiger partial charge in [0.25, 0.3) is 0 Å². The molecule has 0 bridgehead atoms. The quantitative estimate of drug-likeness (QED) is 0.0571. The number of likely N-dealkylation sites (tertiary alicyclic amines) is 1. The van der Waals surface area contributed by atoms with Gasteiger partial charge in [-0.1, -0.05) is 187 Å². The van der Waals surface area contributed by atoms with Gasteiger partial charge in [0.15, 0.2) is 0 Å². The standard InChI is InChI=1S/C40H79N/c1-3-5-7-9-11-13-15-17-19-21-23-25-27-29-31-33-37-41-38-35-40(36-39-41)34-32-30-28-26-24-22-20-18-16-14-12-10-8-6-4-2/h17,19,40H,3-16,18,20-39H2,1-2H3/b19-17-. The maximum absolute atomic E-state index is 2.78. The minimum atomic E-state index is 1.04. The zero-order valence-corrected chi connectivity index (χ0v) is 28.9. The molecule has 1 aliphatic heterocycles. The summed E-state index contributed by atoms with van der Waals surface area (Å²) in [7, 11) is 0. The third kappa shape index (κ3) is 28.2. The van der Waals surface area contributed by atoms with Crippen LogP contribution in [0, 0.1) is 5.92 Å². The number of nitrogens with zero attached hydrogens (tertiary/aromatic N) is 1. The Balaban J connectivity index is 1.75. The summed E-state index contributed by atoms with van der Waals surface area (Å²) in [5, 5.41) is 0. The molecule has 0 aromatic carbocycles. The Bertz CT molecular complexity index is 503. The van der Waals surface area contributed by atoms with E-state index < -0.39 is 0 Å². The molecule has 1 saturated heterocycles. The first-order chi connectivity index (χ1) is 20.4. The van der Waals surface area contributed by atoms with Gasteiger partial charge in [0, 0.05) is 0 Å². The predicted octanol–water partition coefficient (Wildman–Crippen LogP) is 14.0. The first-order valence-corrected chi connectivity index (χ1v) is 19.7. The Kier molecular flexibility index (Phi) is 30.8. The lowest BCUT2D eigenvalue weighted by molar-refractivity contribution is 0.174. The topological polar surface area (TPSA) is 3.24 Å². The number of hydrogen-bond acceptors (Lipinski definition) is 1. The van der Waals surface area contributed by atoms with Crippen molar-refractivity contribution in [2.24, 2.45) is 5.92 Å². The molecule has 1 aliphatic rings. The van der Waals surface area contributed by atoms with E-state index in [1.165, 1.54) is 225 Å². The van der Waals surface area contributed by atoms with Crippen LogP contribution in [0.4, 0.5) is 0 Å². The normalized spacial score (nSPS) is 15.0. The largest absolute Gasteiger partial charge is 0.303 e. The third-order valence-corrected chi connectivity index (χ3v) is 9.91. The van der Waals surface area contributed by atoms with Crippen LogP contribution >= 0.6 is 0 Å². The minimum absolute atomic E-state index is 1.04. The van der Waals surface area contributed by atoms with E-state index in [4.69, 9.17) is 0 Å². The molecule has 0 aromatic heterocycles. The van der Waals surface area contributed by atoms with Crippen molar-refractivity contribution in [1.29, 1.82) is 0 Å². The molecule has 41 heavy (non-hydrogen) atoms. The van der Waals surface area contributed by atoms with Gasteiger partial charge in [0.2, 0.25) is 0 Å². The van der Waals surface area contributed by atoms with Crippen molar-refractivity contribution < 1.29 is 0 Å². The molecule has 244 valence electrons. The van der Waals surface area contributed by atoms with E-state index in [-0.39, 0.29) is 0 Å². The summed E-state index contributed by atoms with van der Waals surface area (Å²) >= 11 is 0. The summed E-state index contributed by atoms with van der Waals surface area (Å²) in [4.78, 5) is 2.78. The van der Waals surface area contributed by atoms with Gasteiger partial charge in [-0.25, -0.2) is 0 Å². The van der Waals surface area contributed by atoms with Crippen LogP contribution in [0.3, 0.4) is 0 Å². The Hall–Kier alpha value is -0.300. The van der Waals surface area contributed by atoms with Gasteiger partial charge in [-0.15, -0.1) is 0 Å². The number of piperidine rings is 1. The van der Waals surface area contributed by atoms with Crippen molar-refractivity contribution in [2.75, 3.05) is 19.6 Å². The van der Waals surface area contributed by atoms with Crippen LogP contribution in [0.1, 0.15) is 219 Å². The van der Waals surface area contributed by atoms with Crippen molar-refractivity contribution in [3.63, 3.8) is 0 Å². The number of unbranched alkanes of at least 4 members (excludes halogenated alkanes) is 26. The van der Waals surface area contributed by atoms with Crippen molar-refractivity contribution in [1.82, 2.24) is 4.90 Å². The van der Waals surface area contributed by atoms with E-state index in [9.17, 15) is 0 Å². The number of allylic oxidation sites excluding steroid dienone is 2. The Morgan fingerprint density at radius 2 is 0.756 bits per heavy atom. The van der Waals surface area contributed by atoms with Gasteiger partial charge in [-0.2, -0.15) is 0 Å². The average molecular weight is 574 g/mol. The SMILES string of the molecule is CCCCCCCC/C=C\CCCCCCCCN1CCC(CCCCCCCCCCCCCCCCC)CC1. The highest BCUT2D eigenvalue weighted by molar-refractivity contribution is 4.81. The van der Waals surface area contributed by atoms with E-state index in [1.54, 1.807) is 0 Å². The lowest BCUT2D eigenvalue weighted by Gasteiger charge is -2.32. The highest BCUT2D eigenvalue weighted by Gasteiger charge is 2.18. The second-order valence-corrected chi connectivity index (χ2v) is 14.0. The highest BCUT2D eigenvalue weighted by atomic mass is 15.1. The number of hydrogen-bond donors (Lipinski definition) is 0. The zero-order valence-electron chi connectivity index (χ0n) is 28.9. The van der Waals surface area contributed by atoms with Crippen molar-refractivity contribution in [2.45, 2.75) is 219 Å². The van der Waals surface area contributed by atoms with E-state index in [1.807, 2.05) is 0 Å². The third-order valence-electron chi connectivity index (χ3n) is 9.91. The van der Waals surface area contributed by atoms with Crippen LogP contribution in [0.15, 0.2) is 12.2 Å². The van der Waals surface area contributed by atoms with Crippen LogP contribution in [-0.4, -0.2) is 24.5 Å². The molecule has 0 saturated carbocycles. The fourth-order valence-electron chi connectivity index (χ4n) is 6.89. The average Bonchev–Trinajstić information content (AvgIpc) is 2.99. The summed E-state index contributed by atoms with van der Waals surface area (Å²) in [6.07, 6.45) is 51.3. The molecule has 0 unspecified atom stereocenters. The van der Waals surface area contributed by atoms with Crippen molar-refractivity contribution in [3.8, 4) is 0 Å². The second-order valence-electron chi connectivity index (χ2n) is 14.0. The molecule has 0 radical (unpaired) electrons. The molecule has 1 heteroatoms. The summed E-state index contributed by atoms with van der Waals surface area (Å²) in [5.74, 6) is 1.04. The summed E-state index contributed by atoms with van der Waals surface area (Å²) in [6.45, 7) is 8.74. The maximum Gasteiger partial charge on any atom is -0.00161 e. The molecule has 0 atom stereocenters. The van der Waals surface area contributed by atoms with Gasteiger partial charge in [-0.05, 0) is 70.5 Å². The Morgan fingerprint density at radius 1 is 0.415 bits per heavy atom. The molecular formula is C40H79N. The molecule has 1 nitrogen and oxygen atoms in total. The molecule has 0 amide bonds. The molecule has 0 N–H and O–H groups in total. The highest BCUT2D eigenvalue weighted by Crippen LogP contribution is 2.24. The van der Waals surface area contributed by atoms with E-state index in [2.05, 4.69) is 30.9 Å². The molecule has 1 fully saturated rings. The molecule has 1 rings (SSSR count). The molecule has 0 aliphatic carbocycles. The fraction of sp³-hybridized carbons (Fsp3) is 0.950. The fourth-order valence-corrected chi connectivity index (χ4v) is 6.89. The van der Waals surface area contributed by atoms with Gasteiger partial charge in [-0.3, -0.25) is 0 Å². The van der Waals surface area contributed by atoms with E-state index in [0.717, 1.165) is 5.92 Å². The molecule has 0 aromatic rings. The van der Waals surface area contributed by atoms with Crippen LogP contribution in [-0.2, 0) is 0 Å².